The molecule has 0 aromatic heterocycles. The van der Waals surface area contributed by atoms with Crippen molar-refractivity contribution in [3.63, 3.8) is 0 Å². The van der Waals surface area contributed by atoms with Crippen molar-refractivity contribution in [2.24, 2.45) is 0 Å². The Hall–Kier alpha value is -3.68. The average Bonchev–Trinajstić information content (AvgIpc) is 2.87. The van der Waals surface area contributed by atoms with Crippen molar-refractivity contribution in [1.82, 2.24) is 5.32 Å². The van der Waals surface area contributed by atoms with Gasteiger partial charge < -0.3 is 15.4 Å². The van der Waals surface area contributed by atoms with Crippen molar-refractivity contribution in [1.29, 1.82) is 0 Å². The Labute approximate surface area is 218 Å². The van der Waals surface area contributed by atoms with Gasteiger partial charge in [0.25, 0.3) is 5.91 Å². The number of para-hydroxylation sites is 1. The van der Waals surface area contributed by atoms with E-state index < -0.39 is 0 Å². The van der Waals surface area contributed by atoms with Crippen molar-refractivity contribution in [3.05, 3.63) is 119 Å². The van der Waals surface area contributed by atoms with Crippen molar-refractivity contribution in [2.75, 3.05) is 17.2 Å². The van der Waals surface area contributed by atoms with Crippen LogP contribution in [0.25, 0.3) is 0 Å². The molecule has 35 heavy (non-hydrogen) atoms. The number of amides is 1. The van der Waals surface area contributed by atoms with Crippen LogP contribution in [0.2, 0.25) is 0 Å². The lowest BCUT2D eigenvalue weighted by molar-refractivity contribution is 0.0977. The third kappa shape index (κ3) is 7.40. The zero-order valence-electron chi connectivity index (χ0n) is 18.8. The van der Waals surface area contributed by atoms with Gasteiger partial charge in [0, 0.05) is 29.0 Å². The molecule has 0 radical (unpaired) electrons. The van der Waals surface area contributed by atoms with Gasteiger partial charge in [-0.05, 0) is 88.3 Å². The molecule has 0 aliphatic rings. The second kappa shape index (κ2) is 12.1. The molecule has 176 valence electrons. The molecule has 3 N–H and O–H groups in total. The highest BCUT2D eigenvalue weighted by atomic mass is 79.9. The van der Waals surface area contributed by atoms with Crippen molar-refractivity contribution in [2.45, 2.75) is 6.42 Å². The third-order valence-electron chi connectivity index (χ3n) is 5.12. The Kier molecular flexibility index (Phi) is 8.48. The normalized spacial score (nSPS) is 10.3. The van der Waals surface area contributed by atoms with E-state index >= 15 is 0 Å². The van der Waals surface area contributed by atoms with E-state index in [1.54, 1.807) is 18.2 Å². The van der Waals surface area contributed by atoms with Crippen LogP contribution in [0.15, 0.2) is 108 Å². The van der Waals surface area contributed by atoms with Crippen LogP contribution in [0.3, 0.4) is 0 Å². The number of carbonyl (C=O) groups is 1. The molecule has 0 aliphatic heterocycles. The Morgan fingerprint density at radius 1 is 0.800 bits per heavy atom. The van der Waals surface area contributed by atoms with Crippen LogP contribution in [0.5, 0.6) is 5.75 Å². The number of benzene rings is 4. The van der Waals surface area contributed by atoms with E-state index in [4.69, 9.17) is 17.0 Å². The minimum absolute atomic E-state index is 0.220. The maximum absolute atomic E-state index is 12.7. The summed E-state index contributed by atoms with van der Waals surface area (Å²) >= 11 is 8.81. The molecule has 0 fully saturated rings. The third-order valence-corrected chi connectivity index (χ3v) is 5.94. The maximum atomic E-state index is 12.7. The molecule has 0 unspecified atom stereocenters. The van der Waals surface area contributed by atoms with Crippen LogP contribution >= 0.6 is 28.1 Å². The van der Waals surface area contributed by atoms with Crippen molar-refractivity contribution in [3.8, 4) is 5.75 Å². The molecule has 0 spiro atoms. The summed E-state index contributed by atoms with van der Waals surface area (Å²) in [5.41, 5.74) is 4.42. The summed E-state index contributed by atoms with van der Waals surface area (Å²) in [5, 5.41) is 9.30. The molecule has 0 bridgehead atoms. The van der Waals surface area contributed by atoms with Crippen LogP contribution in [0.4, 0.5) is 17.1 Å². The van der Waals surface area contributed by atoms with Gasteiger partial charge in [-0.3, -0.25) is 10.1 Å². The fourth-order valence-electron chi connectivity index (χ4n) is 3.35. The van der Waals surface area contributed by atoms with Gasteiger partial charge in [-0.1, -0.05) is 48.5 Å². The lowest BCUT2D eigenvalue weighted by atomic mass is 10.2. The second-order valence-electron chi connectivity index (χ2n) is 7.71. The predicted octanol–water partition coefficient (Wildman–Crippen LogP) is 6.94. The fraction of sp³-hybridized carbons (Fsp3) is 0.0714. The summed E-state index contributed by atoms with van der Waals surface area (Å²) in [5.74, 6) is 0.379. The van der Waals surface area contributed by atoms with Gasteiger partial charge in [-0.25, -0.2) is 0 Å². The predicted molar refractivity (Wildman–Crippen MR) is 150 cm³/mol. The number of anilines is 3. The van der Waals surface area contributed by atoms with Gasteiger partial charge >= 0.3 is 0 Å². The molecule has 4 aromatic rings. The average molecular weight is 546 g/mol. The Morgan fingerprint density at radius 3 is 2.11 bits per heavy atom. The van der Waals surface area contributed by atoms with E-state index in [1.807, 2.05) is 72.8 Å². The highest BCUT2D eigenvalue weighted by Gasteiger charge is 2.11. The van der Waals surface area contributed by atoms with Crippen molar-refractivity contribution >= 4 is 56.2 Å². The molecular formula is C28H24BrN3O2S. The van der Waals surface area contributed by atoms with E-state index in [1.165, 1.54) is 5.56 Å². The van der Waals surface area contributed by atoms with Crippen LogP contribution in [-0.4, -0.2) is 17.6 Å². The number of rotatable bonds is 8. The molecule has 7 heteroatoms. The topological polar surface area (TPSA) is 62.4 Å². The number of carbonyl (C=O) groups excluding carboxylic acids is 1. The van der Waals surface area contributed by atoms with Gasteiger partial charge in [-0.2, -0.15) is 0 Å². The second-order valence-corrected chi connectivity index (χ2v) is 8.97. The van der Waals surface area contributed by atoms with E-state index in [-0.39, 0.29) is 11.0 Å². The summed E-state index contributed by atoms with van der Waals surface area (Å²) in [4.78, 5) is 12.7. The number of nitrogens with one attached hydrogen (secondary N) is 3. The summed E-state index contributed by atoms with van der Waals surface area (Å²) in [7, 11) is 0. The summed E-state index contributed by atoms with van der Waals surface area (Å²) in [6, 6.07) is 32.9. The Balaban J connectivity index is 1.27. The molecule has 4 rings (SSSR count). The van der Waals surface area contributed by atoms with Gasteiger partial charge in [0.05, 0.1) is 11.1 Å². The lowest BCUT2D eigenvalue weighted by Crippen LogP contribution is -2.34. The molecule has 0 heterocycles. The minimum atomic E-state index is -0.304. The quantitative estimate of drug-likeness (QED) is 0.209. The summed E-state index contributed by atoms with van der Waals surface area (Å²) in [6.45, 7) is 0.543. The van der Waals surface area contributed by atoms with Gasteiger partial charge in [0.1, 0.15) is 5.75 Å². The molecule has 0 saturated carbocycles. The number of ether oxygens (including phenoxy) is 1. The van der Waals surface area contributed by atoms with Gasteiger partial charge in [-0.15, -0.1) is 0 Å². The molecule has 1 amide bonds. The minimum Gasteiger partial charge on any atom is -0.492 e. The largest absolute Gasteiger partial charge is 0.492 e. The number of halogens is 1. The van der Waals surface area contributed by atoms with E-state index in [0.29, 0.717) is 22.4 Å². The summed E-state index contributed by atoms with van der Waals surface area (Å²) in [6.07, 6.45) is 0.804. The first-order chi connectivity index (χ1) is 17.1. The van der Waals surface area contributed by atoms with Crippen LogP contribution in [0, 0.1) is 0 Å². The highest BCUT2D eigenvalue weighted by molar-refractivity contribution is 9.10. The standard InChI is InChI=1S/C28H24BrN3O2S/c29-25-19-21(11-16-26(25)34-18-17-20-7-3-1-4-8-20)27(33)32-28(35)31-24-14-12-23(13-15-24)30-22-9-5-2-6-10-22/h1-16,19,30H,17-18H2,(H2,31,32,33,35). The van der Waals surface area contributed by atoms with E-state index in [2.05, 4.69) is 44.0 Å². The van der Waals surface area contributed by atoms with Crippen LogP contribution in [0.1, 0.15) is 15.9 Å². The first-order valence-electron chi connectivity index (χ1n) is 11.1. The molecular weight excluding hydrogens is 522 g/mol. The van der Waals surface area contributed by atoms with Gasteiger partial charge in [0.2, 0.25) is 0 Å². The van der Waals surface area contributed by atoms with E-state index in [9.17, 15) is 4.79 Å². The smallest absolute Gasteiger partial charge is 0.257 e. The summed E-state index contributed by atoms with van der Waals surface area (Å²) < 4.78 is 6.57. The SMILES string of the molecule is O=C(NC(=S)Nc1ccc(Nc2ccccc2)cc1)c1ccc(OCCc2ccccc2)c(Br)c1. The molecule has 5 nitrogen and oxygen atoms in total. The van der Waals surface area contributed by atoms with Crippen molar-refractivity contribution < 1.29 is 9.53 Å². The Bertz CT molecular complexity index is 1280. The molecule has 0 aliphatic carbocycles. The zero-order chi connectivity index (χ0) is 24.5. The molecule has 0 atom stereocenters. The fourth-order valence-corrected chi connectivity index (χ4v) is 4.05. The lowest BCUT2D eigenvalue weighted by Gasteiger charge is -2.12. The van der Waals surface area contributed by atoms with E-state index in [0.717, 1.165) is 23.5 Å². The number of thiocarbonyl (C=S) groups is 1. The van der Waals surface area contributed by atoms with Crippen LogP contribution in [-0.2, 0) is 6.42 Å². The maximum Gasteiger partial charge on any atom is 0.257 e. The molecule has 4 aromatic carbocycles. The van der Waals surface area contributed by atoms with Gasteiger partial charge in [0.15, 0.2) is 5.11 Å². The first kappa shape index (κ1) is 24.4. The number of hydrogen-bond acceptors (Lipinski definition) is 4. The molecule has 0 saturated heterocycles. The monoisotopic (exact) mass is 545 g/mol. The van der Waals surface area contributed by atoms with Crippen LogP contribution < -0.4 is 20.7 Å². The first-order valence-corrected chi connectivity index (χ1v) is 12.3. The number of hydrogen-bond donors (Lipinski definition) is 3. The Morgan fingerprint density at radius 2 is 1.43 bits per heavy atom. The zero-order valence-corrected chi connectivity index (χ0v) is 21.2. The highest BCUT2D eigenvalue weighted by Crippen LogP contribution is 2.26.